The summed E-state index contributed by atoms with van der Waals surface area (Å²) in [5, 5.41) is 0. The molecule has 0 N–H and O–H groups in total. The van der Waals surface area contributed by atoms with Crippen LogP contribution >= 0.6 is 0 Å². The van der Waals surface area contributed by atoms with E-state index in [2.05, 4.69) is 57.2 Å². The van der Waals surface area contributed by atoms with E-state index >= 15 is 0 Å². The molecule has 228 valence electrons. The van der Waals surface area contributed by atoms with Crippen LogP contribution in [0.4, 0.5) is 0 Å². The van der Waals surface area contributed by atoms with E-state index in [0.29, 0.717) is 13.2 Å². The summed E-state index contributed by atoms with van der Waals surface area (Å²) in [5.41, 5.74) is 6.94. The molecule has 0 saturated heterocycles. The van der Waals surface area contributed by atoms with Crippen molar-refractivity contribution < 1.29 is 27.9 Å². The van der Waals surface area contributed by atoms with Crippen molar-refractivity contribution in [3.05, 3.63) is 89.5 Å². The predicted octanol–water partition coefficient (Wildman–Crippen LogP) is 5.29. The molecule has 6 nitrogen and oxygen atoms in total. The quantitative estimate of drug-likeness (QED) is 0.258. The predicted molar refractivity (Wildman–Crippen MR) is 179 cm³/mol. The second-order valence-corrected chi connectivity index (χ2v) is 10.5. The van der Waals surface area contributed by atoms with E-state index in [1.165, 1.54) is 16.7 Å². The van der Waals surface area contributed by atoms with Crippen molar-refractivity contribution in [1.29, 1.82) is 0 Å². The van der Waals surface area contributed by atoms with Gasteiger partial charge in [0.15, 0.2) is 0 Å². The fourth-order valence-corrected chi connectivity index (χ4v) is 3.77. The summed E-state index contributed by atoms with van der Waals surface area (Å²) in [6, 6.07) is 24.6. The molecule has 0 saturated carbocycles. The minimum atomic E-state index is -0.263. The molecule has 0 aromatic heterocycles. The van der Waals surface area contributed by atoms with Gasteiger partial charge in [-0.1, -0.05) is 89.5 Å². The summed E-state index contributed by atoms with van der Waals surface area (Å²) in [6.07, 6.45) is 0.315. The molecule has 0 amide bonds. The van der Waals surface area contributed by atoms with Gasteiger partial charge < -0.3 is 27.9 Å². The molecule has 42 heavy (non-hydrogen) atoms. The van der Waals surface area contributed by atoms with Crippen molar-refractivity contribution in [3.8, 4) is 0 Å². The lowest BCUT2D eigenvalue weighted by Gasteiger charge is -2.19. The molecule has 0 atom stereocenters. The molecule has 0 spiro atoms. The highest BCUT2D eigenvalue weighted by Crippen LogP contribution is 2.03. The maximum atomic E-state index is 5.76. The molecule has 0 heterocycles. The summed E-state index contributed by atoms with van der Waals surface area (Å²) in [4.78, 5) is 0. The molecular formula is C33H51B3O6. The first kappa shape index (κ1) is 37.6. The lowest BCUT2D eigenvalue weighted by molar-refractivity contribution is 0.139. The van der Waals surface area contributed by atoms with Gasteiger partial charge in [-0.3, -0.25) is 0 Å². The molecule has 0 bridgehead atoms. The fraction of sp³-hybridized carbons (Fsp3) is 0.455. The second kappa shape index (κ2) is 21.3. The summed E-state index contributed by atoms with van der Waals surface area (Å²) in [5.74, 6) is 0. The SMILES string of the molecule is CCOB(OCC)c1ccc(C)cc1.COB(OC)c1ccc(C)cc1.Cc1ccc(B(OC(C)C)OC(C)C)cc1. The van der Waals surface area contributed by atoms with Gasteiger partial charge in [0.1, 0.15) is 0 Å². The molecule has 3 rings (SSSR count). The molecule has 0 radical (unpaired) electrons. The molecule has 9 heteroatoms. The Morgan fingerprint density at radius 2 is 0.762 bits per heavy atom. The molecule has 0 aliphatic rings. The first-order chi connectivity index (χ1) is 20.0. The second-order valence-electron chi connectivity index (χ2n) is 10.5. The van der Waals surface area contributed by atoms with Crippen LogP contribution in [0.15, 0.2) is 72.8 Å². The van der Waals surface area contributed by atoms with E-state index in [1.54, 1.807) is 14.2 Å². The van der Waals surface area contributed by atoms with Gasteiger partial charge in [0.2, 0.25) is 0 Å². The number of hydrogen-bond acceptors (Lipinski definition) is 6. The van der Waals surface area contributed by atoms with Gasteiger partial charge in [-0.15, -0.1) is 0 Å². The zero-order valence-corrected chi connectivity index (χ0v) is 27.7. The van der Waals surface area contributed by atoms with Gasteiger partial charge in [-0.05, 0) is 78.7 Å². The molecular weight excluding hydrogens is 525 g/mol. The molecule has 0 aliphatic carbocycles. The maximum absolute atomic E-state index is 5.76. The van der Waals surface area contributed by atoms with E-state index < -0.39 is 0 Å². The monoisotopic (exact) mass is 576 g/mol. The zero-order valence-electron chi connectivity index (χ0n) is 27.7. The number of hydrogen-bond donors (Lipinski definition) is 0. The van der Waals surface area contributed by atoms with E-state index in [1.807, 2.05) is 77.9 Å². The lowest BCUT2D eigenvalue weighted by Crippen LogP contribution is -2.40. The third-order valence-electron chi connectivity index (χ3n) is 5.90. The first-order valence-corrected chi connectivity index (χ1v) is 14.8. The van der Waals surface area contributed by atoms with Crippen LogP contribution < -0.4 is 16.4 Å². The van der Waals surface area contributed by atoms with Crippen LogP contribution in [-0.4, -0.2) is 61.0 Å². The zero-order chi connectivity index (χ0) is 31.5. The van der Waals surface area contributed by atoms with E-state index in [0.717, 1.165) is 16.4 Å². The summed E-state index contributed by atoms with van der Waals surface area (Å²) < 4.78 is 32.7. The third-order valence-corrected chi connectivity index (χ3v) is 5.90. The highest BCUT2D eigenvalue weighted by molar-refractivity contribution is 6.62. The normalized spacial score (nSPS) is 10.5. The van der Waals surface area contributed by atoms with Crippen LogP contribution in [0.1, 0.15) is 58.2 Å². The number of benzene rings is 3. The summed E-state index contributed by atoms with van der Waals surface area (Å²) in [6.45, 7) is 19.5. The van der Waals surface area contributed by atoms with Crippen LogP contribution in [0.5, 0.6) is 0 Å². The molecule has 0 aliphatic heterocycles. The van der Waals surface area contributed by atoms with E-state index in [4.69, 9.17) is 27.9 Å². The van der Waals surface area contributed by atoms with Gasteiger partial charge in [-0.2, -0.15) is 0 Å². The first-order valence-electron chi connectivity index (χ1n) is 14.8. The fourth-order valence-electron chi connectivity index (χ4n) is 3.77. The van der Waals surface area contributed by atoms with Gasteiger partial charge in [-0.25, -0.2) is 0 Å². The Labute approximate surface area is 256 Å². The topological polar surface area (TPSA) is 55.4 Å². The van der Waals surface area contributed by atoms with Crippen LogP contribution in [-0.2, 0) is 27.9 Å². The van der Waals surface area contributed by atoms with Crippen molar-refractivity contribution in [3.63, 3.8) is 0 Å². The van der Waals surface area contributed by atoms with E-state index in [-0.39, 0.29) is 33.6 Å². The van der Waals surface area contributed by atoms with Crippen LogP contribution in [0.3, 0.4) is 0 Å². The Balaban J connectivity index is 0.000000318. The molecule has 3 aromatic carbocycles. The smallest absolute Gasteiger partial charge is 0.410 e. The van der Waals surface area contributed by atoms with Crippen LogP contribution in [0.25, 0.3) is 0 Å². The average molecular weight is 576 g/mol. The highest BCUT2D eigenvalue weighted by atomic mass is 16.6. The maximum Gasteiger partial charge on any atom is 0.494 e. The molecule has 0 unspecified atom stereocenters. The Bertz CT molecular complexity index is 1060. The minimum Gasteiger partial charge on any atom is -0.410 e. The van der Waals surface area contributed by atoms with Gasteiger partial charge >= 0.3 is 21.4 Å². The molecule has 3 aromatic rings. The van der Waals surface area contributed by atoms with Crippen molar-refractivity contribution in [1.82, 2.24) is 0 Å². The minimum absolute atomic E-state index is 0.157. The van der Waals surface area contributed by atoms with Crippen molar-refractivity contribution in [2.24, 2.45) is 0 Å². The Morgan fingerprint density at radius 1 is 0.476 bits per heavy atom. The van der Waals surface area contributed by atoms with Crippen molar-refractivity contribution in [2.45, 2.75) is 74.5 Å². The number of rotatable bonds is 13. The third kappa shape index (κ3) is 15.2. The largest absolute Gasteiger partial charge is 0.494 e. The Kier molecular flexibility index (Phi) is 19.1. The van der Waals surface area contributed by atoms with E-state index in [9.17, 15) is 0 Å². The van der Waals surface area contributed by atoms with Crippen LogP contribution in [0, 0.1) is 20.8 Å². The molecule has 0 fully saturated rings. The Hall–Kier alpha value is -2.39. The summed E-state index contributed by atoms with van der Waals surface area (Å²) in [7, 11) is 2.54. The van der Waals surface area contributed by atoms with Crippen molar-refractivity contribution >= 4 is 37.7 Å². The van der Waals surface area contributed by atoms with Crippen LogP contribution in [0.2, 0.25) is 0 Å². The van der Waals surface area contributed by atoms with Gasteiger partial charge in [0, 0.05) is 39.6 Å². The van der Waals surface area contributed by atoms with Crippen molar-refractivity contribution in [2.75, 3.05) is 27.4 Å². The number of aryl methyl sites for hydroxylation is 3. The Morgan fingerprint density at radius 3 is 1.02 bits per heavy atom. The lowest BCUT2D eigenvalue weighted by atomic mass is 9.78. The average Bonchev–Trinajstić information content (AvgIpc) is 2.95. The standard InChI is InChI=1S/C13H21BO2.C11H17BO2.C9H13BO2/c1-10(2)15-14(16-11(3)4)13-8-6-12(5)7-9-13;1-4-13-12(14-5-2)11-8-6-10(3)7-9-11;1-8-4-6-9(7-5-8)10(11-2)12-3/h6-11H,1-5H3;6-9H,4-5H2,1-3H3;4-7H,1-3H3. The van der Waals surface area contributed by atoms with Gasteiger partial charge in [0.05, 0.1) is 0 Å². The summed E-state index contributed by atoms with van der Waals surface area (Å²) >= 11 is 0. The van der Waals surface area contributed by atoms with Gasteiger partial charge in [0.25, 0.3) is 0 Å². The highest BCUT2D eigenvalue weighted by Gasteiger charge is 2.24.